The minimum absolute atomic E-state index is 0. The van der Waals surface area contributed by atoms with Crippen LogP contribution < -0.4 is 9.30 Å². The second kappa shape index (κ2) is 23.5. The van der Waals surface area contributed by atoms with E-state index in [0.29, 0.717) is 28.3 Å². The summed E-state index contributed by atoms with van der Waals surface area (Å²) in [4.78, 5) is 4.77. The van der Waals surface area contributed by atoms with Gasteiger partial charge < -0.3 is 13.9 Å². The molecule has 0 amide bonds. The third kappa shape index (κ3) is 10.9. The number of ether oxygens (including phenoxy) is 1. The van der Waals surface area contributed by atoms with Gasteiger partial charge in [0.25, 0.3) is 6.33 Å². The molecule has 92 heavy (non-hydrogen) atoms. The molecule has 0 saturated carbocycles. The topological polar surface area (TPSA) is 35.9 Å². The summed E-state index contributed by atoms with van der Waals surface area (Å²) in [5.41, 5.74) is -27.6. The molecule has 0 fully saturated rings. The van der Waals surface area contributed by atoms with Crippen LogP contribution in [0.15, 0.2) is 248 Å². The number of rotatable bonds is 11. The number of aromatic nitrogens is 4. The fraction of sp³-hybridized carbons (Fsp3) is 0.163. The number of para-hydroxylation sites is 1. The summed E-state index contributed by atoms with van der Waals surface area (Å²) in [5.74, 6) is 0.329. The van der Waals surface area contributed by atoms with E-state index in [1.54, 1.807) is 18.3 Å². The van der Waals surface area contributed by atoms with Gasteiger partial charge in [-0.25, -0.2) is 4.98 Å². The standard InChI is InChI=1S/C86H72N4O.Pt/c1-56-23-21-24-57(2)82(56)62-36-40-78-80(51-62)88(68-31-22-32-69(53-68)91-70-37-38-72-71-33-19-20-34-77(71)90(79(72)54-70)81-52-67(41-44-87-81)84(3,4)5)55-89(78)83-73(61-35-39-75-76(50-61)86(8,9)43-42-85(75,6)7)48-65(60-29-17-12-18-30-60)49-74(83)66-46-63(58-25-13-10-14-26-58)45-64(47-66)59-27-15-11-16-28-59;/h10-41,44-52H,42-43H2,1-9H3;/q-2;/i1D3,2D3,6D3,7D3,8D3,9D3,10D,11D,12D,13D,14D,15D,16D,17D,18D,25D,26D,27D,28D,29D,30D,35D,39D,42D2,43D2,45D,46D,47D,50D;. The fourth-order valence-electron chi connectivity index (χ4n) is 11.2. The maximum absolute atomic E-state index is 10.9. The van der Waals surface area contributed by atoms with Crippen LogP contribution in [0.5, 0.6) is 11.5 Å². The zero-order chi connectivity index (χ0) is 99.2. The number of nitrogens with zero attached hydrogens (tertiary/aromatic N) is 4. The number of benzene rings is 11. The van der Waals surface area contributed by atoms with E-state index in [1.165, 1.54) is 30.3 Å². The molecule has 454 valence electrons. The average Bonchev–Trinajstić information content (AvgIpc) is 0.847. The maximum atomic E-state index is 10.9. The minimum Gasteiger partial charge on any atom is -0.510 e. The van der Waals surface area contributed by atoms with Crippen LogP contribution in [0.2, 0.25) is 0 Å². The predicted molar refractivity (Wildman–Crippen MR) is 376 cm³/mol. The summed E-state index contributed by atoms with van der Waals surface area (Å²) >= 11 is 0. The second-order valence-corrected chi connectivity index (χ2v) is 22.5. The monoisotopic (exact) mass is 1410 g/mol. The van der Waals surface area contributed by atoms with Crippen LogP contribution in [0.1, 0.15) is 148 Å². The van der Waals surface area contributed by atoms with Gasteiger partial charge in [-0.05, 0) is 203 Å². The molecule has 0 spiro atoms. The van der Waals surface area contributed by atoms with Crippen molar-refractivity contribution in [2.24, 2.45) is 0 Å². The van der Waals surface area contributed by atoms with Crippen molar-refractivity contribution in [1.29, 1.82) is 0 Å². The van der Waals surface area contributed by atoms with Crippen molar-refractivity contribution in [2.45, 2.75) is 90.9 Å². The Morgan fingerprint density at radius 2 is 1.17 bits per heavy atom. The molecular weight excluding hydrogens is 1300 g/mol. The van der Waals surface area contributed by atoms with Crippen molar-refractivity contribution in [2.75, 3.05) is 0 Å². The Kier molecular flexibility index (Phi) is 7.28. The Morgan fingerprint density at radius 3 is 1.85 bits per heavy atom. The van der Waals surface area contributed by atoms with E-state index >= 15 is 0 Å². The van der Waals surface area contributed by atoms with Gasteiger partial charge in [-0.2, -0.15) is 18.2 Å². The zero-order valence-electron chi connectivity index (χ0n) is 91.6. The number of pyridine rings is 1. The molecule has 0 radical (unpaired) electrons. The van der Waals surface area contributed by atoms with E-state index in [2.05, 4.69) is 18.5 Å². The van der Waals surface area contributed by atoms with Crippen LogP contribution >= 0.6 is 0 Å². The zero-order valence-corrected chi connectivity index (χ0v) is 50.8. The van der Waals surface area contributed by atoms with Crippen LogP contribution in [-0.2, 0) is 37.3 Å². The van der Waals surface area contributed by atoms with Crippen LogP contribution in [-0.4, -0.2) is 14.1 Å². The van der Waals surface area contributed by atoms with Crippen LogP contribution in [0.25, 0.3) is 117 Å². The molecule has 3 aromatic heterocycles. The van der Waals surface area contributed by atoms with Crippen molar-refractivity contribution in [3.05, 3.63) is 295 Å². The molecule has 0 unspecified atom stereocenters. The quantitative estimate of drug-likeness (QED) is 0.0956. The number of hydrogen-bond donors (Lipinski definition) is 0. The number of aryl methyl sites for hydroxylation is 2. The summed E-state index contributed by atoms with van der Waals surface area (Å²) in [7, 11) is 0. The Morgan fingerprint density at radius 1 is 0.543 bits per heavy atom. The first-order valence-corrected chi connectivity index (χ1v) is 28.2. The summed E-state index contributed by atoms with van der Waals surface area (Å²) in [6.45, 7) is -19.1. The van der Waals surface area contributed by atoms with E-state index in [4.69, 9.17) is 38.5 Å². The van der Waals surface area contributed by atoms with Crippen molar-refractivity contribution in [3.63, 3.8) is 0 Å². The van der Waals surface area contributed by atoms with Crippen LogP contribution in [0, 0.1) is 32.2 Å². The van der Waals surface area contributed by atoms with E-state index < -0.39 is 286 Å². The normalized spacial score (nSPS) is 22.1. The van der Waals surface area contributed by atoms with Crippen LogP contribution in [0.4, 0.5) is 0 Å². The van der Waals surface area contributed by atoms with E-state index in [1.807, 2.05) is 61.7 Å². The molecule has 3 heterocycles. The van der Waals surface area contributed by atoms with Gasteiger partial charge in [0.2, 0.25) is 0 Å². The fourth-order valence-corrected chi connectivity index (χ4v) is 11.2. The van der Waals surface area contributed by atoms with Gasteiger partial charge in [0.1, 0.15) is 5.82 Å². The van der Waals surface area contributed by atoms with Gasteiger partial charge in [-0.1, -0.05) is 211 Å². The molecule has 1 aliphatic rings. The molecule has 0 aliphatic heterocycles. The average molecular weight is 1420 g/mol. The SMILES string of the molecule is [2H]c1c([2H])c([2H])c(-c2cc(-c3c([2H])c(-c4c([2H])c([2H])c([2H])c([2H])c4[2H])c([2H])c(-c4c([2H])c([2H])c([2H])c([2H])c4[2H])c3[2H])c(-[n+]3[c-]n(-c4[c-]c(Oc5[c-]c6c(cc5)c5ccccc5n6-c5cc(C(C)(C)C)ccn5)ccc4)c4cc(-c5c(C([2H])([2H])[2H])cccc5C([2H])([2H])[2H])ccc43)c(-c3c([2H])c([2H])c4c(c3[2H])C(C([2H])([2H])[2H])(C([2H])([2H])[2H])C([2H])([2H])C([2H])([2H])C4(C([2H])([2H])[2H])C([2H])([2H])[2H])c2)c([2H])c1[2H].[Pt]. The first kappa shape index (κ1) is 28.5. The Bertz CT molecular complexity index is 7140. The Balaban J connectivity index is 0.0000146. The summed E-state index contributed by atoms with van der Waals surface area (Å²) in [5, 5.41) is 1.47. The smallest absolute Gasteiger partial charge is 0.268 e. The summed E-state index contributed by atoms with van der Waals surface area (Å²) in [6.07, 6.45) is -5.20. The van der Waals surface area contributed by atoms with Crippen LogP contribution in [0.3, 0.4) is 0 Å². The third-order valence-electron chi connectivity index (χ3n) is 15.5. The third-order valence-corrected chi connectivity index (χ3v) is 15.5. The molecule has 5 nitrogen and oxygen atoms in total. The van der Waals surface area contributed by atoms with Crippen molar-refractivity contribution in [1.82, 2.24) is 14.1 Å². The molecule has 1 aliphatic carbocycles. The Hall–Kier alpha value is -9.67. The minimum atomic E-state index is -5.02. The second-order valence-electron chi connectivity index (χ2n) is 22.5. The first-order chi connectivity index (χ1) is 61.7. The molecule has 6 heteroatoms. The summed E-state index contributed by atoms with van der Waals surface area (Å²) in [6, 6.07) is 6.13. The van der Waals surface area contributed by atoms with Crippen molar-refractivity contribution >= 4 is 32.8 Å². The molecule has 0 saturated heterocycles. The van der Waals surface area contributed by atoms with Gasteiger partial charge in [0, 0.05) is 74.4 Å². The number of fused-ring (bicyclic) bond motifs is 5. The molecule has 0 atom stereocenters. The molecular formula is C86H72N4OPt-2. The van der Waals surface area contributed by atoms with Gasteiger partial charge >= 0.3 is 0 Å². The summed E-state index contributed by atoms with van der Waals surface area (Å²) < 4.78 is 416. The van der Waals surface area contributed by atoms with E-state index in [9.17, 15) is 30.2 Å². The number of imidazole rings is 1. The van der Waals surface area contributed by atoms with Gasteiger partial charge in [0.15, 0.2) is 0 Å². The molecule has 14 aromatic rings. The van der Waals surface area contributed by atoms with Gasteiger partial charge in [0.05, 0.1) is 45.5 Å². The molecule has 11 aromatic carbocycles. The van der Waals surface area contributed by atoms with Crippen molar-refractivity contribution < 1.29 is 89.3 Å². The predicted octanol–water partition coefficient (Wildman–Crippen LogP) is 21.9. The van der Waals surface area contributed by atoms with Gasteiger partial charge in [-0.3, -0.25) is 4.57 Å². The molecule has 0 bridgehead atoms. The molecule has 15 rings (SSSR count). The van der Waals surface area contributed by atoms with E-state index in [-0.39, 0.29) is 54.7 Å². The van der Waals surface area contributed by atoms with Crippen molar-refractivity contribution in [3.8, 4) is 95.5 Å². The maximum Gasteiger partial charge on any atom is 0.268 e. The number of hydrogen-bond acceptors (Lipinski definition) is 2. The molecule has 0 N–H and O–H groups in total. The Labute approximate surface area is 616 Å². The first-order valence-electron chi connectivity index (χ1n) is 49.7. The largest absolute Gasteiger partial charge is 0.510 e. The van der Waals surface area contributed by atoms with E-state index in [0.717, 1.165) is 50.4 Å². The van der Waals surface area contributed by atoms with Gasteiger partial charge in [-0.15, -0.1) is 29.7 Å².